The Kier molecular flexibility index (Phi) is 9.10. The van der Waals surface area contributed by atoms with Crippen LogP contribution < -0.4 is 5.32 Å². The molecule has 0 bridgehead atoms. The summed E-state index contributed by atoms with van der Waals surface area (Å²) in [5.41, 5.74) is 1.06. The van der Waals surface area contributed by atoms with Crippen LogP contribution in [0.4, 0.5) is 0 Å². The van der Waals surface area contributed by atoms with E-state index in [1.54, 1.807) is 0 Å². The molecule has 126 valence electrons. The zero-order valence-electron chi connectivity index (χ0n) is 12.7. The second kappa shape index (κ2) is 9.99. The molecule has 0 saturated carbocycles. The van der Waals surface area contributed by atoms with E-state index in [1.807, 2.05) is 18.0 Å². The highest BCUT2D eigenvalue weighted by Crippen LogP contribution is 2.32. The Hall–Kier alpha value is -0.000000000000000222. The summed E-state index contributed by atoms with van der Waals surface area (Å²) < 4.78 is 1.47. The van der Waals surface area contributed by atoms with Gasteiger partial charge in [0.25, 0.3) is 0 Å². The molecule has 22 heavy (non-hydrogen) atoms. The average Bonchev–Trinajstić information content (AvgIpc) is 2.78. The summed E-state index contributed by atoms with van der Waals surface area (Å²) in [5.74, 6) is 0.987. The van der Waals surface area contributed by atoms with Crippen LogP contribution in [0, 0.1) is 5.92 Å². The van der Waals surface area contributed by atoms with E-state index in [2.05, 4.69) is 5.32 Å². The molecular formula is C15H23Cl3N2OS. The van der Waals surface area contributed by atoms with Crippen LogP contribution in [0.1, 0.15) is 31.2 Å². The van der Waals surface area contributed by atoms with E-state index in [0.29, 0.717) is 16.7 Å². The van der Waals surface area contributed by atoms with E-state index < -0.39 is 0 Å². The van der Waals surface area contributed by atoms with Crippen molar-refractivity contribution in [2.75, 3.05) is 26.7 Å². The number of rotatable bonds is 6. The molecule has 7 heteroatoms. The number of likely N-dealkylation sites (tertiary alicyclic amines) is 1. The lowest BCUT2D eigenvalue weighted by atomic mass is 9.96. The lowest BCUT2D eigenvalue weighted by molar-refractivity contribution is -0.132. The number of halogens is 3. The molecule has 1 saturated heterocycles. The first-order chi connectivity index (χ1) is 10.1. The summed E-state index contributed by atoms with van der Waals surface area (Å²) in [5, 5.41) is 3.22. The van der Waals surface area contributed by atoms with Crippen molar-refractivity contribution in [3.63, 3.8) is 0 Å². The van der Waals surface area contributed by atoms with Crippen molar-refractivity contribution in [1.29, 1.82) is 0 Å². The Morgan fingerprint density at radius 2 is 2.09 bits per heavy atom. The fraction of sp³-hybridized carbons (Fsp3) is 0.667. The summed E-state index contributed by atoms with van der Waals surface area (Å²) in [4.78, 5) is 14.2. The third-order valence-electron chi connectivity index (χ3n) is 4.02. The van der Waals surface area contributed by atoms with Crippen molar-refractivity contribution in [3.8, 4) is 0 Å². The topological polar surface area (TPSA) is 32.3 Å². The molecule has 2 rings (SSSR count). The van der Waals surface area contributed by atoms with Gasteiger partial charge in [-0.2, -0.15) is 0 Å². The second-order valence-corrected chi connectivity index (χ2v) is 7.87. The van der Waals surface area contributed by atoms with Gasteiger partial charge in [0.15, 0.2) is 0 Å². The van der Waals surface area contributed by atoms with Crippen LogP contribution in [0.25, 0.3) is 0 Å². The standard InChI is InChI=1S/C15H22Cl2N2OS.ClH/c1-18-10-11-5-7-19(8-6-11)14(20)4-2-3-12-9-13(16)21-15(12)17;/h9,11,18H,2-8,10H2,1H3;1H. The van der Waals surface area contributed by atoms with Crippen LogP contribution in [0.3, 0.4) is 0 Å². The van der Waals surface area contributed by atoms with E-state index in [-0.39, 0.29) is 18.3 Å². The van der Waals surface area contributed by atoms with Crippen molar-refractivity contribution < 1.29 is 4.79 Å². The third-order valence-corrected chi connectivity index (χ3v) is 5.59. The smallest absolute Gasteiger partial charge is 0.222 e. The number of carbonyl (C=O) groups is 1. The van der Waals surface area contributed by atoms with E-state index >= 15 is 0 Å². The van der Waals surface area contributed by atoms with Gasteiger partial charge >= 0.3 is 0 Å². The molecular weight excluding hydrogens is 363 g/mol. The summed E-state index contributed by atoms with van der Waals surface area (Å²) >= 11 is 13.4. The maximum Gasteiger partial charge on any atom is 0.222 e. The van der Waals surface area contributed by atoms with Crippen molar-refractivity contribution in [2.45, 2.75) is 32.1 Å². The number of nitrogens with one attached hydrogen (secondary N) is 1. The number of thiophene rings is 1. The van der Waals surface area contributed by atoms with Gasteiger partial charge in [0, 0.05) is 19.5 Å². The number of amides is 1. The Balaban J connectivity index is 0.00000242. The summed E-state index contributed by atoms with van der Waals surface area (Å²) in [7, 11) is 1.99. The molecule has 0 unspecified atom stereocenters. The van der Waals surface area contributed by atoms with Crippen LogP contribution in [0.2, 0.25) is 8.67 Å². The van der Waals surface area contributed by atoms with Gasteiger partial charge in [-0.1, -0.05) is 23.2 Å². The highest BCUT2D eigenvalue weighted by Gasteiger charge is 2.21. The van der Waals surface area contributed by atoms with Crippen LogP contribution in [0.5, 0.6) is 0 Å². The fourth-order valence-corrected chi connectivity index (χ4v) is 4.35. The molecule has 0 aliphatic carbocycles. The van der Waals surface area contributed by atoms with Crippen molar-refractivity contribution in [2.24, 2.45) is 5.92 Å². The van der Waals surface area contributed by atoms with E-state index in [0.717, 1.165) is 55.2 Å². The monoisotopic (exact) mass is 384 g/mol. The first-order valence-electron chi connectivity index (χ1n) is 7.46. The van der Waals surface area contributed by atoms with Gasteiger partial charge in [-0.3, -0.25) is 4.79 Å². The Morgan fingerprint density at radius 1 is 1.41 bits per heavy atom. The molecule has 1 amide bonds. The Morgan fingerprint density at radius 3 is 2.64 bits per heavy atom. The number of hydrogen-bond acceptors (Lipinski definition) is 3. The number of hydrogen-bond donors (Lipinski definition) is 1. The molecule has 1 aromatic rings. The Labute approximate surface area is 152 Å². The van der Waals surface area contributed by atoms with Gasteiger partial charge in [-0.15, -0.1) is 23.7 Å². The third kappa shape index (κ3) is 5.89. The molecule has 0 aromatic carbocycles. The minimum Gasteiger partial charge on any atom is -0.343 e. The van der Waals surface area contributed by atoms with Crippen LogP contribution >= 0.6 is 46.9 Å². The van der Waals surface area contributed by atoms with Crippen LogP contribution in [-0.4, -0.2) is 37.5 Å². The lowest BCUT2D eigenvalue weighted by Crippen LogP contribution is -2.40. The van der Waals surface area contributed by atoms with E-state index in [9.17, 15) is 4.79 Å². The summed E-state index contributed by atoms with van der Waals surface area (Å²) in [6.07, 6.45) is 4.48. The van der Waals surface area contributed by atoms with E-state index in [4.69, 9.17) is 23.2 Å². The van der Waals surface area contributed by atoms with Gasteiger partial charge in [-0.25, -0.2) is 0 Å². The van der Waals surface area contributed by atoms with Gasteiger partial charge in [0.1, 0.15) is 0 Å². The molecule has 1 fully saturated rings. The largest absolute Gasteiger partial charge is 0.343 e. The average molecular weight is 386 g/mol. The number of aryl methyl sites for hydroxylation is 1. The fourth-order valence-electron chi connectivity index (χ4n) is 2.81. The zero-order chi connectivity index (χ0) is 15.2. The predicted molar refractivity (Wildman–Crippen MR) is 97.8 cm³/mol. The Bertz CT molecular complexity index is 473. The number of carbonyl (C=O) groups excluding carboxylic acids is 1. The van der Waals surface area contributed by atoms with Crippen molar-refractivity contribution in [1.82, 2.24) is 10.2 Å². The number of piperidine rings is 1. The molecule has 3 nitrogen and oxygen atoms in total. The van der Waals surface area contributed by atoms with Crippen molar-refractivity contribution in [3.05, 3.63) is 20.3 Å². The normalized spacial score (nSPS) is 15.7. The predicted octanol–water partition coefficient (Wildman–Crippen LogP) is 4.26. The minimum atomic E-state index is 0. The maximum atomic E-state index is 12.2. The van der Waals surface area contributed by atoms with Crippen molar-refractivity contribution >= 4 is 52.9 Å². The summed E-state index contributed by atoms with van der Waals surface area (Å²) in [6, 6.07) is 1.91. The molecule has 1 aliphatic rings. The first kappa shape index (κ1) is 20.0. The SMILES string of the molecule is CNCC1CCN(C(=O)CCCc2cc(Cl)sc2Cl)CC1.Cl. The van der Waals surface area contributed by atoms with Crippen LogP contribution in [-0.2, 0) is 11.2 Å². The minimum absolute atomic E-state index is 0. The molecule has 0 radical (unpaired) electrons. The number of nitrogens with zero attached hydrogens (tertiary/aromatic N) is 1. The van der Waals surface area contributed by atoms with Crippen LogP contribution in [0.15, 0.2) is 6.07 Å². The highest BCUT2D eigenvalue weighted by atomic mass is 35.5. The first-order valence-corrected chi connectivity index (χ1v) is 9.03. The highest BCUT2D eigenvalue weighted by molar-refractivity contribution is 7.20. The quantitative estimate of drug-likeness (QED) is 0.793. The van der Waals surface area contributed by atoms with E-state index in [1.165, 1.54) is 11.3 Å². The van der Waals surface area contributed by atoms with Gasteiger partial charge in [-0.05, 0) is 56.8 Å². The summed E-state index contributed by atoms with van der Waals surface area (Å²) in [6.45, 7) is 2.85. The maximum absolute atomic E-state index is 12.2. The lowest BCUT2D eigenvalue weighted by Gasteiger charge is -2.32. The second-order valence-electron chi connectivity index (χ2n) is 5.58. The molecule has 1 aromatic heterocycles. The molecule has 0 spiro atoms. The molecule has 2 heterocycles. The zero-order valence-corrected chi connectivity index (χ0v) is 15.9. The molecule has 1 N–H and O–H groups in total. The van der Waals surface area contributed by atoms with Gasteiger partial charge in [0.2, 0.25) is 5.91 Å². The van der Waals surface area contributed by atoms with Gasteiger partial charge < -0.3 is 10.2 Å². The molecule has 0 atom stereocenters. The van der Waals surface area contributed by atoms with Gasteiger partial charge in [0.05, 0.1) is 8.67 Å². The molecule has 1 aliphatic heterocycles.